The number of benzene rings is 1. The Morgan fingerprint density at radius 1 is 1.05 bits per heavy atom. The monoisotopic (exact) mass is 285 g/mol. The number of rotatable bonds is 6. The number of hydrogen-bond donors (Lipinski definition) is 3. The summed E-state index contributed by atoms with van der Waals surface area (Å²) in [6, 6.07) is 8.46. The van der Waals surface area contributed by atoms with Crippen LogP contribution >= 0.6 is 0 Å². The zero-order valence-corrected chi connectivity index (χ0v) is 12.9. The minimum Gasteiger partial charge on any atom is -0.366 e. The molecule has 0 unspecified atom stereocenters. The van der Waals surface area contributed by atoms with Crippen LogP contribution in [0.2, 0.25) is 0 Å². The third-order valence-corrected chi connectivity index (χ3v) is 3.38. The van der Waals surface area contributed by atoms with Crippen molar-refractivity contribution in [1.82, 2.24) is 9.97 Å². The first kappa shape index (κ1) is 15.3. The van der Waals surface area contributed by atoms with Crippen molar-refractivity contribution in [3.63, 3.8) is 0 Å². The third-order valence-electron chi connectivity index (χ3n) is 3.38. The Balaban J connectivity index is 2.17. The molecule has 2 aromatic rings. The molecule has 0 aliphatic carbocycles. The summed E-state index contributed by atoms with van der Waals surface area (Å²) in [5.41, 5.74) is 6.06. The van der Waals surface area contributed by atoms with E-state index in [-0.39, 0.29) is 0 Å². The molecule has 0 aliphatic rings. The molecule has 5 heteroatoms. The lowest BCUT2D eigenvalue weighted by Gasteiger charge is -2.13. The molecule has 0 spiro atoms. The minimum atomic E-state index is 0.680. The summed E-state index contributed by atoms with van der Waals surface area (Å²) < 4.78 is 0. The van der Waals surface area contributed by atoms with Crippen LogP contribution in [0, 0.1) is 13.8 Å². The van der Waals surface area contributed by atoms with Crippen LogP contribution in [0.5, 0.6) is 0 Å². The van der Waals surface area contributed by atoms with Gasteiger partial charge in [-0.15, -0.1) is 0 Å². The van der Waals surface area contributed by atoms with Crippen LogP contribution in [-0.2, 0) is 13.0 Å². The first-order valence-corrected chi connectivity index (χ1v) is 7.27. The molecule has 21 heavy (non-hydrogen) atoms. The van der Waals surface area contributed by atoms with E-state index < -0.39 is 0 Å². The molecular weight excluding hydrogens is 262 g/mol. The molecule has 0 atom stereocenters. The fourth-order valence-corrected chi connectivity index (χ4v) is 2.10. The van der Waals surface area contributed by atoms with Crippen molar-refractivity contribution in [1.29, 1.82) is 0 Å². The molecule has 0 fully saturated rings. The summed E-state index contributed by atoms with van der Waals surface area (Å²) in [5, 5.41) is 3.38. The molecule has 0 bridgehead atoms. The summed E-state index contributed by atoms with van der Waals surface area (Å²) in [6.45, 7) is 6.89. The van der Waals surface area contributed by atoms with E-state index in [1.807, 2.05) is 6.92 Å². The predicted molar refractivity (Wildman–Crippen MR) is 87.1 cm³/mol. The molecule has 1 aromatic heterocycles. The Morgan fingerprint density at radius 2 is 1.71 bits per heavy atom. The molecule has 1 aromatic carbocycles. The number of nitrogen functional groups attached to an aromatic ring is 1. The van der Waals surface area contributed by atoms with Gasteiger partial charge in [0.2, 0.25) is 0 Å². The number of hydrazine groups is 1. The van der Waals surface area contributed by atoms with E-state index in [9.17, 15) is 0 Å². The summed E-state index contributed by atoms with van der Waals surface area (Å²) in [7, 11) is 0. The van der Waals surface area contributed by atoms with Gasteiger partial charge in [-0.2, -0.15) is 0 Å². The van der Waals surface area contributed by atoms with E-state index in [0.717, 1.165) is 36.6 Å². The first-order chi connectivity index (χ1) is 10.1. The van der Waals surface area contributed by atoms with Crippen LogP contribution < -0.4 is 16.6 Å². The highest BCUT2D eigenvalue weighted by Gasteiger charge is 2.09. The van der Waals surface area contributed by atoms with Gasteiger partial charge < -0.3 is 10.7 Å². The fourth-order valence-electron chi connectivity index (χ4n) is 2.10. The summed E-state index contributed by atoms with van der Waals surface area (Å²) in [4.78, 5) is 9.01. The Hall–Kier alpha value is -2.14. The van der Waals surface area contributed by atoms with Crippen molar-refractivity contribution in [3.05, 3.63) is 46.8 Å². The molecule has 0 aliphatic heterocycles. The second-order valence-electron chi connectivity index (χ2n) is 5.20. The second kappa shape index (κ2) is 7.04. The summed E-state index contributed by atoms with van der Waals surface area (Å²) >= 11 is 0. The van der Waals surface area contributed by atoms with Gasteiger partial charge in [-0.3, -0.25) is 0 Å². The maximum Gasteiger partial charge on any atom is 0.148 e. The van der Waals surface area contributed by atoms with Gasteiger partial charge in [0.1, 0.15) is 17.5 Å². The van der Waals surface area contributed by atoms with Gasteiger partial charge in [0.05, 0.1) is 0 Å². The van der Waals surface area contributed by atoms with Gasteiger partial charge in [-0.1, -0.05) is 36.8 Å². The number of nitrogens with one attached hydrogen (secondary N) is 2. The van der Waals surface area contributed by atoms with Crippen molar-refractivity contribution < 1.29 is 0 Å². The SMILES string of the molecule is CCCc1nc(NN)c(C)c(NCc2ccc(C)cc2)n1. The standard InChI is InChI=1S/C16H23N5/c1-4-5-14-19-15(12(3)16(20-14)21-17)18-10-13-8-6-11(2)7-9-13/h6-9H,4-5,10,17H2,1-3H3,(H2,18,19,20,21). The largest absolute Gasteiger partial charge is 0.366 e. The fraction of sp³-hybridized carbons (Fsp3) is 0.375. The lowest BCUT2D eigenvalue weighted by Crippen LogP contribution is -2.15. The van der Waals surface area contributed by atoms with Crippen molar-refractivity contribution in [2.24, 2.45) is 5.84 Å². The molecule has 4 N–H and O–H groups in total. The van der Waals surface area contributed by atoms with Crippen LogP contribution in [0.1, 0.15) is 35.9 Å². The lowest BCUT2D eigenvalue weighted by molar-refractivity contribution is 0.830. The quantitative estimate of drug-likeness (QED) is 0.562. The van der Waals surface area contributed by atoms with E-state index in [2.05, 4.69) is 58.8 Å². The number of aromatic nitrogens is 2. The number of anilines is 2. The van der Waals surface area contributed by atoms with Gasteiger partial charge >= 0.3 is 0 Å². The Bertz CT molecular complexity index is 592. The highest BCUT2D eigenvalue weighted by Crippen LogP contribution is 2.20. The van der Waals surface area contributed by atoms with Gasteiger partial charge in [-0.25, -0.2) is 15.8 Å². The van der Waals surface area contributed by atoms with Crippen LogP contribution in [0.25, 0.3) is 0 Å². The van der Waals surface area contributed by atoms with Crippen LogP contribution in [-0.4, -0.2) is 9.97 Å². The maximum atomic E-state index is 5.54. The van der Waals surface area contributed by atoms with Gasteiger partial charge in [0.15, 0.2) is 0 Å². The van der Waals surface area contributed by atoms with E-state index in [1.54, 1.807) is 0 Å². The van der Waals surface area contributed by atoms with Crippen LogP contribution in [0.3, 0.4) is 0 Å². The molecule has 2 rings (SSSR count). The topological polar surface area (TPSA) is 75.9 Å². The van der Waals surface area contributed by atoms with E-state index in [1.165, 1.54) is 11.1 Å². The molecule has 112 valence electrons. The lowest BCUT2D eigenvalue weighted by atomic mass is 10.1. The Labute approximate surface area is 126 Å². The summed E-state index contributed by atoms with van der Waals surface area (Å²) in [5.74, 6) is 7.86. The van der Waals surface area contributed by atoms with Crippen molar-refractivity contribution in [2.75, 3.05) is 10.7 Å². The second-order valence-corrected chi connectivity index (χ2v) is 5.20. The van der Waals surface area contributed by atoms with Gasteiger partial charge in [-0.05, 0) is 25.8 Å². The molecule has 0 saturated carbocycles. The van der Waals surface area contributed by atoms with Crippen molar-refractivity contribution in [3.8, 4) is 0 Å². The number of nitrogens with two attached hydrogens (primary N) is 1. The predicted octanol–water partition coefficient (Wildman–Crippen LogP) is 2.94. The average molecular weight is 285 g/mol. The molecule has 0 amide bonds. The Morgan fingerprint density at radius 3 is 2.33 bits per heavy atom. The van der Waals surface area contributed by atoms with Crippen molar-refractivity contribution >= 4 is 11.6 Å². The zero-order valence-electron chi connectivity index (χ0n) is 12.9. The molecule has 1 heterocycles. The van der Waals surface area contributed by atoms with E-state index in [0.29, 0.717) is 5.82 Å². The molecule has 0 radical (unpaired) electrons. The highest BCUT2D eigenvalue weighted by atomic mass is 15.3. The zero-order chi connectivity index (χ0) is 15.2. The normalized spacial score (nSPS) is 10.5. The third kappa shape index (κ3) is 3.92. The highest BCUT2D eigenvalue weighted by molar-refractivity contribution is 5.56. The average Bonchev–Trinajstić information content (AvgIpc) is 2.49. The van der Waals surface area contributed by atoms with Crippen molar-refractivity contribution in [2.45, 2.75) is 40.2 Å². The number of nitrogens with zero attached hydrogens (tertiary/aromatic N) is 2. The van der Waals surface area contributed by atoms with Gasteiger partial charge in [0, 0.05) is 18.5 Å². The Kier molecular flexibility index (Phi) is 5.11. The molecular formula is C16H23N5. The number of hydrogen-bond acceptors (Lipinski definition) is 5. The van der Waals surface area contributed by atoms with Gasteiger partial charge in [0.25, 0.3) is 0 Å². The summed E-state index contributed by atoms with van der Waals surface area (Å²) in [6.07, 6.45) is 1.85. The molecule has 0 saturated heterocycles. The molecule has 5 nitrogen and oxygen atoms in total. The van der Waals surface area contributed by atoms with E-state index >= 15 is 0 Å². The van der Waals surface area contributed by atoms with Crippen LogP contribution in [0.4, 0.5) is 11.6 Å². The maximum absolute atomic E-state index is 5.54. The minimum absolute atomic E-state index is 0.680. The first-order valence-electron chi connectivity index (χ1n) is 7.27. The number of aryl methyl sites for hydroxylation is 2. The smallest absolute Gasteiger partial charge is 0.148 e. The van der Waals surface area contributed by atoms with Crippen LogP contribution in [0.15, 0.2) is 24.3 Å². The van der Waals surface area contributed by atoms with E-state index in [4.69, 9.17) is 5.84 Å².